The smallest absolute Gasteiger partial charge is 0.168 e. The lowest BCUT2D eigenvalue weighted by molar-refractivity contribution is -0.117. The van der Waals surface area contributed by atoms with Gasteiger partial charge >= 0.3 is 0 Å². The number of nitrogens with zero attached hydrogens (tertiary/aromatic N) is 2. The summed E-state index contributed by atoms with van der Waals surface area (Å²) >= 11 is 0. The highest BCUT2D eigenvalue weighted by Gasteiger charge is 2.38. The molecule has 168 valence electrons. The van der Waals surface area contributed by atoms with E-state index in [0.29, 0.717) is 60.4 Å². The van der Waals surface area contributed by atoms with Gasteiger partial charge in [0.25, 0.3) is 0 Å². The topological polar surface area (TPSA) is 92.8 Å². The van der Waals surface area contributed by atoms with E-state index in [9.17, 15) is 14.7 Å². The van der Waals surface area contributed by atoms with Gasteiger partial charge in [-0.2, -0.15) is 0 Å². The van der Waals surface area contributed by atoms with E-state index in [1.807, 2.05) is 58.0 Å². The number of para-hydroxylation sites is 1. The van der Waals surface area contributed by atoms with Crippen molar-refractivity contribution in [3.8, 4) is 0 Å². The molecule has 0 bridgehead atoms. The fourth-order valence-corrected chi connectivity index (χ4v) is 4.72. The minimum Gasteiger partial charge on any atom is -0.511 e. The maximum atomic E-state index is 13.0. The number of fused-ring (bicyclic) bond motifs is 1. The maximum absolute atomic E-state index is 13.0. The minimum absolute atomic E-state index is 0.000481. The van der Waals surface area contributed by atoms with E-state index in [0.717, 1.165) is 5.69 Å². The Balaban J connectivity index is 1.62. The van der Waals surface area contributed by atoms with Crippen LogP contribution in [0.4, 0.5) is 5.69 Å². The van der Waals surface area contributed by atoms with Crippen molar-refractivity contribution in [3.05, 3.63) is 58.7 Å². The number of aliphatic hydroxyl groups excluding tert-OH is 1. The summed E-state index contributed by atoms with van der Waals surface area (Å²) in [6, 6.07) is 9.45. The lowest BCUT2D eigenvalue weighted by atomic mass is 9.73. The number of aliphatic hydroxyl groups is 1. The molecule has 32 heavy (non-hydrogen) atoms. The third-order valence-corrected chi connectivity index (χ3v) is 6.15. The van der Waals surface area contributed by atoms with E-state index >= 15 is 0 Å². The number of benzene rings is 1. The van der Waals surface area contributed by atoms with Crippen molar-refractivity contribution >= 4 is 23.0 Å². The van der Waals surface area contributed by atoms with Crippen LogP contribution in [0.1, 0.15) is 75.2 Å². The summed E-state index contributed by atoms with van der Waals surface area (Å²) < 4.78 is 5.46. The molecule has 0 spiro atoms. The van der Waals surface area contributed by atoms with Gasteiger partial charge in [0.15, 0.2) is 11.6 Å². The number of ketones is 2. The van der Waals surface area contributed by atoms with Crippen LogP contribution in [0.15, 0.2) is 51.2 Å². The van der Waals surface area contributed by atoms with Crippen LogP contribution in [0.25, 0.3) is 0 Å². The number of aliphatic imine (C=N–C) groups is 1. The van der Waals surface area contributed by atoms with E-state index in [1.165, 1.54) is 0 Å². The summed E-state index contributed by atoms with van der Waals surface area (Å²) in [5.74, 6) is 0.547. The summed E-state index contributed by atoms with van der Waals surface area (Å²) in [6.45, 7) is 8.15. The molecule has 0 radical (unpaired) electrons. The van der Waals surface area contributed by atoms with Crippen molar-refractivity contribution in [3.63, 3.8) is 0 Å². The first-order valence-electron chi connectivity index (χ1n) is 11.1. The molecule has 0 aliphatic heterocycles. The van der Waals surface area contributed by atoms with Crippen molar-refractivity contribution in [2.45, 2.75) is 66.2 Å². The van der Waals surface area contributed by atoms with Crippen LogP contribution < -0.4 is 0 Å². The second kappa shape index (κ2) is 8.15. The first-order valence-corrected chi connectivity index (χ1v) is 11.1. The Hall–Kier alpha value is -3.02. The molecule has 1 fully saturated rings. The second-order valence-corrected chi connectivity index (χ2v) is 10.5. The van der Waals surface area contributed by atoms with E-state index < -0.39 is 0 Å². The van der Waals surface area contributed by atoms with Gasteiger partial charge in [0.2, 0.25) is 0 Å². The van der Waals surface area contributed by atoms with E-state index in [-0.39, 0.29) is 34.6 Å². The molecule has 4 rings (SSSR count). The van der Waals surface area contributed by atoms with Crippen LogP contribution in [0.3, 0.4) is 0 Å². The number of hydrogen-bond acceptors (Lipinski definition) is 6. The third kappa shape index (κ3) is 4.59. The van der Waals surface area contributed by atoms with Gasteiger partial charge in [-0.05, 0) is 29.4 Å². The predicted molar refractivity (Wildman–Crippen MR) is 122 cm³/mol. The maximum Gasteiger partial charge on any atom is 0.168 e. The molecule has 0 saturated heterocycles. The van der Waals surface area contributed by atoms with Crippen LogP contribution in [0.2, 0.25) is 0 Å². The van der Waals surface area contributed by atoms with Crippen LogP contribution >= 0.6 is 0 Å². The zero-order chi connectivity index (χ0) is 23.1. The SMILES string of the molecule is CC1(C)CC(=O)C(=C(O)CCc2noc3c2C(=O)CC(C)(C)C3)C(=Nc2ccccc2)C1. The first-order chi connectivity index (χ1) is 15.0. The molecule has 1 N–H and O–H groups in total. The van der Waals surface area contributed by atoms with Gasteiger partial charge in [-0.15, -0.1) is 0 Å². The van der Waals surface area contributed by atoms with E-state index in [4.69, 9.17) is 9.52 Å². The summed E-state index contributed by atoms with van der Waals surface area (Å²) in [7, 11) is 0. The van der Waals surface area contributed by atoms with Crippen molar-refractivity contribution in [2.75, 3.05) is 0 Å². The summed E-state index contributed by atoms with van der Waals surface area (Å²) in [5, 5.41) is 15.1. The van der Waals surface area contributed by atoms with Gasteiger partial charge in [-0.1, -0.05) is 51.1 Å². The van der Waals surface area contributed by atoms with E-state index in [1.54, 1.807) is 0 Å². The molecular formula is C26H30N2O4. The number of carbonyl (C=O) groups is 2. The Kier molecular flexibility index (Phi) is 5.65. The Labute approximate surface area is 188 Å². The zero-order valence-corrected chi connectivity index (χ0v) is 19.2. The molecule has 6 heteroatoms. The van der Waals surface area contributed by atoms with E-state index in [2.05, 4.69) is 5.16 Å². The number of aryl methyl sites for hydroxylation is 1. The molecular weight excluding hydrogens is 404 g/mol. The van der Waals surface area contributed by atoms with Gasteiger partial charge < -0.3 is 9.63 Å². The molecule has 0 amide bonds. The molecule has 1 aromatic heterocycles. The van der Waals surface area contributed by atoms with Crippen molar-refractivity contribution < 1.29 is 19.2 Å². The Bertz CT molecular complexity index is 1120. The van der Waals surface area contributed by atoms with Gasteiger partial charge in [0.05, 0.1) is 28.2 Å². The largest absolute Gasteiger partial charge is 0.511 e. The van der Waals surface area contributed by atoms with Gasteiger partial charge in [-0.25, -0.2) is 0 Å². The molecule has 2 aromatic rings. The first kappa shape index (κ1) is 22.2. The molecule has 0 unspecified atom stereocenters. The van der Waals surface area contributed by atoms with Crippen molar-refractivity contribution in [1.82, 2.24) is 5.16 Å². The molecule has 1 saturated carbocycles. The quantitative estimate of drug-likeness (QED) is 0.489. The number of aromatic nitrogens is 1. The number of hydrogen-bond donors (Lipinski definition) is 1. The van der Waals surface area contributed by atoms with Crippen LogP contribution in [0.5, 0.6) is 0 Å². The average Bonchev–Trinajstić information content (AvgIpc) is 3.07. The zero-order valence-electron chi connectivity index (χ0n) is 19.2. The number of allylic oxidation sites excluding steroid dienone is 2. The Morgan fingerprint density at radius 2 is 1.66 bits per heavy atom. The lowest BCUT2D eigenvalue weighted by Gasteiger charge is -2.31. The van der Waals surface area contributed by atoms with Gasteiger partial charge in [-0.3, -0.25) is 14.6 Å². The van der Waals surface area contributed by atoms with Crippen molar-refractivity contribution in [2.24, 2.45) is 15.8 Å². The molecule has 1 heterocycles. The lowest BCUT2D eigenvalue weighted by Crippen LogP contribution is -2.32. The molecule has 6 nitrogen and oxygen atoms in total. The van der Waals surface area contributed by atoms with Crippen LogP contribution in [-0.4, -0.2) is 27.5 Å². The normalized spacial score (nSPS) is 22.7. The Morgan fingerprint density at radius 1 is 1.00 bits per heavy atom. The predicted octanol–water partition coefficient (Wildman–Crippen LogP) is 5.74. The average molecular weight is 435 g/mol. The van der Waals surface area contributed by atoms with Gasteiger partial charge in [0.1, 0.15) is 11.5 Å². The third-order valence-electron chi connectivity index (χ3n) is 6.15. The fourth-order valence-electron chi connectivity index (χ4n) is 4.72. The standard InChI is InChI=1S/C26H30N2O4/c1-25(2)12-18(27-16-8-6-5-7-9-16)23(20(30)13-25)19(29)11-10-17-24-21(31)14-26(3,4)15-22(24)32-28-17/h5-9,29H,10-15H2,1-4H3. The summed E-state index contributed by atoms with van der Waals surface area (Å²) in [5.41, 5.74) is 2.40. The highest BCUT2D eigenvalue weighted by molar-refractivity contribution is 6.25. The van der Waals surface area contributed by atoms with Gasteiger partial charge in [0, 0.05) is 32.1 Å². The molecule has 2 aliphatic carbocycles. The Morgan fingerprint density at radius 3 is 2.38 bits per heavy atom. The number of rotatable bonds is 4. The van der Waals surface area contributed by atoms with Crippen LogP contribution in [-0.2, 0) is 17.6 Å². The number of Topliss-reactive ketones (excluding diaryl/α,β-unsaturated/α-hetero) is 2. The highest BCUT2D eigenvalue weighted by Crippen LogP contribution is 2.38. The molecule has 1 aromatic carbocycles. The summed E-state index contributed by atoms with van der Waals surface area (Å²) in [6.07, 6.45) is 2.59. The second-order valence-electron chi connectivity index (χ2n) is 10.5. The highest BCUT2D eigenvalue weighted by atomic mass is 16.5. The minimum atomic E-state index is -0.223. The molecule has 0 atom stereocenters. The van der Waals surface area contributed by atoms with Crippen LogP contribution in [0, 0.1) is 10.8 Å². The monoisotopic (exact) mass is 434 g/mol. The number of carbonyl (C=O) groups excluding carboxylic acids is 2. The molecule has 2 aliphatic rings. The van der Waals surface area contributed by atoms with Crippen molar-refractivity contribution in [1.29, 1.82) is 0 Å². The fraction of sp³-hybridized carbons (Fsp3) is 0.462. The summed E-state index contributed by atoms with van der Waals surface area (Å²) in [4.78, 5) is 30.3.